The van der Waals surface area contributed by atoms with E-state index in [1.165, 1.54) is 0 Å². The molecule has 0 aliphatic heterocycles. The summed E-state index contributed by atoms with van der Waals surface area (Å²) in [5.41, 5.74) is 2.27. The number of ether oxygens (including phenoxy) is 4. The summed E-state index contributed by atoms with van der Waals surface area (Å²) < 4.78 is 21.0. The SMILES string of the molecule is COc1ccc(OC)c(NC(=O)CNc2cc(OC)c(OC)cc2C)c1. The number of hydrogen-bond acceptors (Lipinski definition) is 6. The van der Waals surface area contributed by atoms with Crippen molar-refractivity contribution < 1.29 is 23.7 Å². The predicted molar refractivity (Wildman–Crippen MR) is 101 cm³/mol. The van der Waals surface area contributed by atoms with E-state index in [0.29, 0.717) is 28.7 Å². The Kier molecular flexibility index (Phi) is 6.54. The van der Waals surface area contributed by atoms with E-state index < -0.39 is 0 Å². The van der Waals surface area contributed by atoms with Gasteiger partial charge < -0.3 is 29.6 Å². The van der Waals surface area contributed by atoms with Crippen molar-refractivity contribution in [1.82, 2.24) is 0 Å². The summed E-state index contributed by atoms with van der Waals surface area (Å²) in [6, 6.07) is 8.86. The lowest BCUT2D eigenvalue weighted by Crippen LogP contribution is -2.22. The van der Waals surface area contributed by atoms with Gasteiger partial charge in [0.05, 0.1) is 40.7 Å². The molecule has 7 nitrogen and oxygen atoms in total. The second kappa shape index (κ2) is 8.84. The van der Waals surface area contributed by atoms with Crippen molar-refractivity contribution in [3.05, 3.63) is 35.9 Å². The Bertz CT molecular complexity index is 777. The lowest BCUT2D eigenvalue weighted by atomic mass is 10.1. The van der Waals surface area contributed by atoms with E-state index in [0.717, 1.165) is 11.3 Å². The van der Waals surface area contributed by atoms with Crippen LogP contribution in [0.5, 0.6) is 23.0 Å². The summed E-state index contributed by atoms with van der Waals surface area (Å²) in [6.07, 6.45) is 0. The zero-order chi connectivity index (χ0) is 19.1. The highest BCUT2D eigenvalue weighted by Crippen LogP contribution is 2.33. The fourth-order valence-electron chi connectivity index (χ4n) is 2.45. The normalized spacial score (nSPS) is 10.0. The Hall–Kier alpha value is -3.09. The zero-order valence-electron chi connectivity index (χ0n) is 15.6. The number of anilines is 2. The van der Waals surface area contributed by atoms with Crippen LogP contribution in [0.4, 0.5) is 11.4 Å². The number of aryl methyl sites for hydroxylation is 1. The topological polar surface area (TPSA) is 78.1 Å². The van der Waals surface area contributed by atoms with Gasteiger partial charge in [-0.05, 0) is 30.7 Å². The number of hydrogen-bond donors (Lipinski definition) is 2. The van der Waals surface area contributed by atoms with Crippen molar-refractivity contribution in [1.29, 1.82) is 0 Å². The molecule has 0 aliphatic carbocycles. The summed E-state index contributed by atoms with van der Waals surface area (Å²) in [4.78, 5) is 12.3. The standard InChI is InChI=1S/C19H24N2O5/c1-12-8-17(25-4)18(26-5)10-14(12)20-11-19(22)21-15-9-13(23-2)6-7-16(15)24-3/h6-10,20H,11H2,1-5H3,(H,21,22). The summed E-state index contributed by atoms with van der Waals surface area (Å²) in [5, 5.41) is 5.92. The van der Waals surface area contributed by atoms with Crippen LogP contribution in [-0.2, 0) is 4.79 Å². The minimum absolute atomic E-state index is 0.0800. The van der Waals surface area contributed by atoms with Gasteiger partial charge in [-0.3, -0.25) is 4.79 Å². The first-order valence-corrected chi connectivity index (χ1v) is 8.00. The molecule has 0 radical (unpaired) electrons. The summed E-state index contributed by atoms with van der Waals surface area (Å²) in [6.45, 7) is 2.00. The van der Waals surface area contributed by atoms with E-state index in [2.05, 4.69) is 10.6 Å². The van der Waals surface area contributed by atoms with Gasteiger partial charge in [-0.15, -0.1) is 0 Å². The Labute approximate surface area is 153 Å². The molecule has 0 fully saturated rings. The average molecular weight is 360 g/mol. The van der Waals surface area contributed by atoms with Crippen LogP contribution in [0.1, 0.15) is 5.56 Å². The molecule has 0 saturated carbocycles. The van der Waals surface area contributed by atoms with Crippen LogP contribution >= 0.6 is 0 Å². The molecule has 2 aromatic rings. The van der Waals surface area contributed by atoms with Crippen LogP contribution in [0, 0.1) is 6.92 Å². The number of amides is 1. The van der Waals surface area contributed by atoms with Crippen molar-refractivity contribution >= 4 is 17.3 Å². The molecule has 1 amide bonds. The summed E-state index contributed by atoms with van der Waals surface area (Å²) >= 11 is 0. The van der Waals surface area contributed by atoms with E-state index in [-0.39, 0.29) is 12.5 Å². The third kappa shape index (κ3) is 4.50. The van der Waals surface area contributed by atoms with Gasteiger partial charge in [0.2, 0.25) is 5.91 Å². The lowest BCUT2D eigenvalue weighted by Gasteiger charge is -2.15. The number of methoxy groups -OCH3 is 4. The molecular formula is C19H24N2O5. The van der Waals surface area contributed by atoms with Crippen LogP contribution in [0.3, 0.4) is 0 Å². The highest BCUT2D eigenvalue weighted by Gasteiger charge is 2.12. The first kappa shape index (κ1) is 19.2. The van der Waals surface area contributed by atoms with Crippen LogP contribution in [0.15, 0.2) is 30.3 Å². The Balaban J connectivity index is 2.08. The van der Waals surface area contributed by atoms with Crippen molar-refractivity contribution in [2.75, 3.05) is 45.6 Å². The maximum Gasteiger partial charge on any atom is 0.243 e. The number of carbonyl (C=O) groups is 1. The monoisotopic (exact) mass is 360 g/mol. The molecule has 2 N–H and O–H groups in total. The van der Waals surface area contributed by atoms with Crippen LogP contribution in [0.2, 0.25) is 0 Å². The maximum atomic E-state index is 12.3. The molecule has 0 bridgehead atoms. The minimum Gasteiger partial charge on any atom is -0.497 e. The number of nitrogens with one attached hydrogen (secondary N) is 2. The number of carbonyl (C=O) groups excluding carboxylic acids is 1. The quantitative estimate of drug-likeness (QED) is 0.753. The molecule has 0 spiro atoms. The molecule has 26 heavy (non-hydrogen) atoms. The molecule has 7 heteroatoms. The predicted octanol–water partition coefficient (Wildman–Crippen LogP) is 3.08. The molecular weight excluding hydrogens is 336 g/mol. The van der Waals surface area contributed by atoms with Gasteiger partial charge in [0.15, 0.2) is 11.5 Å². The number of rotatable bonds is 8. The van der Waals surface area contributed by atoms with Gasteiger partial charge in [0, 0.05) is 17.8 Å². The molecule has 140 valence electrons. The van der Waals surface area contributed by atoms with E-state index in [4.69, 9.17) is 18.9 Å². The largest absolute Gasteiger partial charge is 0.497 e. The third-order valence-electron chi connectivity index (χ3n) is 3.85. The molecule has 0 aromatic heterocycles. The van der Waals surface area contributed by atoms with Gasteiger partial charge in [-0.25, -0.2) is 0 Å². The molecule has 0 unspecified atom stereocenters. The van der Waals surface area contributed by atoms with Gasteiger partial charge in [-0.2, -0.15) is 0 Å². The van der Waals surface area contributed by atoms with Gasteiger partial charge in [0.25, 0.3) is 0 Å². The second-order valence-electron chi connectivity index (χ2n) is 5.49. The first-order valence-electron chi connectivity index (χ1n) is 8.00. The Morgan fingerprint density at radius 3 is 2.12 bits per heavy atom. The second-order valence-corrected chi connectivity index (χ2v) is 5.49. The summed E-state index contributed by atoms with van der Waals surface area (Å²) in [7, 11) is 6.26. The van der Waals surface area contributed by atoms with Crippen molar-refractivity contribution in [2.45, 2.75) is 6.92 Å². The Morgan fingerprint density at radius 2 is 1.50 bits per heavy atom. The van der Waals surface area contributed by atoms with E-state index in [1.54, 1.807) is 52.7 Å². The fourth-order valence-corrected chi connectivity index (χ4v) is 2.45. The minimum atomic E-state index is -0.217. The molecule has 0 atom stereocenters. The third-order valence-corrected chi connectivity index (χ3v) is 3.85. The summed E-state index contributed by atoms with van der Waals surface area (Å²) in [5.74, 6) is 2.20. The highest BCUT2D eigenvalue weighted by molar-refractivity contribution is 5.95. The molecule has 0 heterocycles. The fraction of sp³-hybridized carbons (Fsp3) is 0.316. The van der Waals surface area contributed by atoms with Crippen LogP contribution < -0.4 is 29.6 Å². The smallest absolute Gasteiger partial charge is 0.243 e. The highest BCUT2D eigenvalue weighted by atomic mass is 16.5. The van der Waals surface area contributed by atoms with Crippen LogP contribution in [-0.4, -0.2) is 40.9 Å². The van der Waals surface area contributed by atoms with Crippen molar-refractivity contribution in [2.24, 2.45) is 0 Å². The van der Waals surface area contributed by atoms with E-state index >= 15 is 0 Å². The van der Waals surface area contributed by atoms with Gasteiger partial charge in [0.1, 0.15) is 11.5 Å². The lowest BCUT2D eigenvalue weighted by molar-refractivity contribution is -0.114. The van der Waals surface area contributed by atoms with E-state index in [9.17, 15) is 4.79 Å². The maximum absolute atomic E-state index is 12.3. The number of benzene rings is 2. The molecule has 2 aromatic carbocycles. The average Bonchev–Trinajstić information content (AvgIpc) is 2.66. The van der Waals surface area contributed by atoms with Crippen LogP contribution in [0.25, 0.3) is 0 Å². The Morgan fingerprint density at radius 1 is 0.846 bits per heavy atom. The zero-order valence-corrected chi connectivity index (χ0v) is 15.6. The molecule has 0 saturated heterocycles. The van der Waals surface area contributed by atoms with E-state index in [1.807, 2.05) is 13.0 Å². The van der Waals surface area contributed by atoms with Crippen molar-refractivity contribution in [3.63, 3.8) is 0 Å². The first-order chi connectivity index (χ1) is 12.5. The molecule has 0 aliphatic rings. The van der Waals surface area contributed by atoms with Gasteiger partial charge in [-0.1, -0.05) is 0 Å². The van der Waals surface area contributed by atoms with Gasteiger partial charge >= 0.3 is 0 Å². The van der Waals surface area contributed by atoms with Crippen molar-refractivity contribution in [3.8, 4) is 23.0 Å². The molecule has 2 rings (SSSR count).